The molecular weight excluding hydrogens is 292 g/mol. The molecule has 0 unspecified atom stereocenters. The maximum Gasteiger partial charge on any atom is 0.250 e. The van der Waals surface area contributed by atoms with E-state index in [9.17, 15) is 13.2 Å². The number of fused-ring (bicyclic) bond motifs is 1. The van der Waals surface area contributed by atoms with E-state index >= 15 is 0 Å². The molecule has 1 aliphatic rings. The Kier molecular flexibility index (Phi) is 4.84. The Bertz CT molecular complexity index is 628. The molecule has 0 spiro atoms. The predicted molar refractivity (Wildman–Crippen MR) is 82.1 cm³/mol. The summed E-state index contributed by atoms with van der Waals surface area (Å²) in [5, 5.41) is 2.73. The monoisotopic (exact) mass is 312 g/mol. The van der Waals surface area contributed by atoms with Gasteiger partial charge >= 0.3 is 0 Å². The third kappa shape index (κ3) is 3.54. The molecule has 21 heavy (non-hydrogen) atoms. The average Bonchev–Trinajstić information content (AvgIpc) is 2.46. The number of nitrogens with zero attached hydrogens (tertiary/aromatic N) is 1. The van der Waals surface area contributed by atoms with Gasteiger partial charge in [-0.05, 0) is 43.5 Å². The van der Waals surface area contributed by atoms with Crippen LogP contribution in [0.4, 0.5) is 11.4 Å². The zero-order valence-corrected chi connectivity index (χ0v) is 13.1. The Morgan fingerprint density at radius 2 is 2.19 bits per heavy atom. The average molecular weight is 312 g/mol. The highest BCUT2D eigenvalue weighted by molar-refractivity contribution is 7.92. The highest BCUT2D eigenvalue weighted by Gasteiger charge is 2.26. The fourth-order valence-electron chi connectivity index (χ4n) is 2.41. The van der Waals surface area contributed by atoms with Crippen molar-refractivity contribution in [3.63, 3.8) is 0 Å². The molecule has 2 rings (SSSR count). The van der Waals surface area contributed by atoms with E-state index in [1.165, 1.54) is 11.4 Å². The van der Waals surface area contributed by atoms with Crippen LogP contribution in [0.1, 0.15) is 18.9 Å². The SMILES string of the molecule is CCS(=O)(=O)N1CCCc2cc(NC(=O)COC)ccc21. The van der Waals surface area contributed by atoms with E-state index in [-0.39, 0.29) is 18.3 Å². The van der Waals surface area contributed by atoms with Crippen molar-refractivity contribution in [3.8, 4) is 0 Å². The van der Waals surface area contributed by atoms with Gasteiger partial charge in [0.15, 0.2) is 0 Å². The summed E-state index contributed by atoms with van der Waals surface area (Å²) >= 11 is 0. The number of carbonyl (C=O) groups is 1. The van der Waals surface area contributed by atoms with Crippen LogP contribution in [0.2, 0.25) is 0 Å². The summed E-state index contributed by atoms with van der Waals surface area (Å²) in [7, 11) is -1.79. The van der Waals surface area contributed by atoms with Crippen LogP contribution >= 0.6 is 0 Å². The maximum atomic E-state index is 12.1. The van der Waals surface area contributed by atoms with Crippen LogP contribution in [0.15, 0.2) is 18.2 Å². The molecule has 6 nitrogen and oxygen atoms in total. The molecule has 0 radical (unpaired) electrons. The molecule has 1 aliphatic heterocycles. The van der Waals surface area contributed by atoms with Gasteiger partial charge in [-0.15, -0.1) is 0 Å². The van der Waals surface area contributed by atoms with Crippen molar-refractivity contribution in [1.82, 2.24) is 0 Å². The summed E-state index contributed by atoms with van der Waals surface area (Å²) in [4.78, 5) is 11.5. The molecule has 0 aromatic heterocycles. The second-order valence-corrected chi connectivity index (χ2v) is 7.08. The number of sulfonamides is 1. The van der Waals surface area contributed by atoms with E-state index in [0.29, 0.717) is 17.9 Å². The minimum absolute atomic E-state index is 0.00652. The number of hydrogen-bond acceptors (Lipinski definition) is 4. The van der Waals surface area contributed by atoms with Crippen LogP contribution in [0.3, 0.4) is 0 Å². The molecule has 0 fully saturated rings. The molecule has 0 saturated heterocycles. The molecule has 0 saturated carbocycles. The van der Waals surface area contributed by atoms with E-state index in [1.54, 1.807) is 19.1 Å². The molecule has 1 aromatic carbocycles. The van der Waals surface area contributed by atoms with E-state index in [4.69, 9.17) is 4.74 Å². The Balaban J connectivity index is 2.26. The van der Waals surface area contributed by atoms with Gasteiger partial charge in [0.25, 0.3) is 0 Å². The first-order valence-electron chi connectivity index (χ1n) is 6.90. The number of methoxy groups -OCH3 is 1. The first-order valence-corrected chi connectivity index (χ1v) is 8.51. The zero-order chi connectivity index (χ0) is 15.5. The number of aryl methyl sites for hydroxylation is 1. The molecule has 0 bridgehead atoms. The maximum absolute atomic E-state index is 12.1. The summed E-state index contributed by atoms with van der Waals surface area (Å²) < 4.78 is 30.4. The predicted octanol–water partition coefficient (Wildman–Crippen LogP) is 1.37. The van der Waals surface area contributed by atoms with E-state index in [2.05, 4.69) is 5.32 Å². The fraction of sp³-hybridized carbons (Fsp3) is 0.500. The second kappa shape index (κ2) is 6.44. The molecule has 0 aliphatic carbocycles. The standard InChI is InChI=1S/C14H20N2O4S/c1-3-21(18,19)16-8-4-5-11-9-12(6-7-13(11)16)15-14(17)10-20-2/h6-7,9H,3-5,8,10H2,1-2H3,(H,15,17). The molecule has 1 heterocycles. The summed E-state index contributed by atoms with van der Waals surface area (Å²) in [5.41, 5.74) is 2.31. The van der Waals surface area contributed by atoms with Gasteiger partial charge in [-0.3, -0.25) is 9.10 Å². The highest BCUT2D eigenvalue weighted by atomic mass is 32.2. The number of carbonyl (C=O) groups excluding carboxylic acids is 1. The van der Waals surface area contributed by atoms with Crippen LogP contribution in [0.5, 0.6) is 0 Å². The lowest BCUT2D eigenvalue weighted by atomic mass is 10.0. The van der Waals surface area contributed by atoms with Crippen LogP contribution in [0.25, 0.3) is 0 Å². The lowest BCUT2D eigenvalue weighted by Gasteiger charge is -2.30. The number of anilines is 2. The normalized spacial score (nSPS) is 14.7. The zero-order valence-electron chi connectivity index (χ0n) is 12.3. The lowest BCUT2D eigenvalue weighted by Crippen LogP contribution is -2.36. The number of ether oxygens (including phenoxy) is 1. The topological polar surface area (TPSA) is 75.7 Å². The summed E-state index contributed by atoms with van der Waals surface area (Å²) in [6.07, 6.45) is 1.58. The van der Waals surface area contributed by atoms with Gasteiger partial charge in [0, 0.05) is 19.3 Å². The minimum atomic E-state index is -3.25. The van der Waals surface area contributed by atoms with Gasteiger partial charge in [-0.25, -0.2) is 8.42 Å². The molecule has 0 atom stereocenters. The van der Waals surface area contributed by atoms with Gasteiger partial charge in [-0.2, -0.15) is 0 Å². The van der Waals surface area contributed by atoms with Gasteiger partial charge in [0.2, 0.25) is 15.9 Å². The Labute approximate surface area is 125 Å². The number of benzene rings is 1. The molecule has 7 heteroatoms. The fourth-order valence-corrected chi connectivity index (χ4v) is 3.61. The highest BCUT2D eigenvalue weighted by Crippen LogP contribution is 2.31. The van der Waals surface area contributed by atoms with Gasteiger partial charge in [0.05, 0.1) is 11.4 Å². The Hall–Kier alpha value is -1.60. The number of hydrogen-bond donors (Lipinski definition) is 1. The second-order valence-electron chi connectivity index (χ2n) is 4.90. The summed E-state index contributed by atoms with van der Waals surface area (Å²) in [6.45, 7) is 2.15. The molecule has 1 aromatic rings. The van der Waals surface area contributed by atoms with Crippen molar-refractivity contribution < 1.29 is 17.9 Å². The van der Waals surface area contributed by atoms with E-state index < -0.39 is 10.0 Å². The third-order valence-corrected chi connectivity index (χ3v) is 5.20. The van der Waals surface area contributed by atoms with Gasteiger partial charge < -0.3 is 10.1 Å². The first kappa shape index (κ1) is 15.8. The summed E-state index contributed by atoms with van der Waals surface area (Å²) in [6, 6.07) is 5.31. The number of amides is 1. The van der Waals surface area contributed by atoms with E-state index in [0.717, 1.165) is 18.4 Å². The molecular formula is C14H20N2O4S. The minimum Gasteiger partial charge on any atom is -0.375 e. The number of rotatable bonds is 5. The van der Waals surface area contributed by atoms with E-state index in [1.807, 2.05) is 6.07 Å². The van der Waals surface area contributed by atoms with Gasteiger partial charge in [-0.1, -0.05) is 0 Å². The summed E-state index contributed by atoms with van der Waals surface area (Å²) in [5.74, 6) is -0.148. The van der Waals surface area contributed by atoms with Crippen molar-refractivity contribution in [2.75, 3.05) is 35.6 Å². The smallest absolute Gasteiger partial charge is 0.250 e. The van der Waals surface area contributed by atoms with Crippen LogP contribution in [-0.4, -0.2) is 40.3 Å². The molecule has 116 valence electrons. The van der Waals surface area contributed by atoms with Crippen molar-refractivity contribution in [1.29, 1.82) is 0 Å². The Morgan fingerprint density at radius 3 is 2.86 bits per heavy atom. The van der Waals surface area contributed by atoms with Crippen molar-refractivity contribution in [3.05, 3.63) is 23.8 Å². The number of nitrogens with one attached hydrogen (secondary N) is 1. The quantitative estimate of drug-likeness (QED) is 0.891. The van der Waals surface area contributed by atoms with Crippen LogP contribution in [-0.2, 0) is 26.0 Å². The van der Waals surface area contributed by atoms with Crippen LogP contribution in [0, 0.1) is 0 Å². The van der Waals surface area contributed by atoms with Gasteiger partial charge in [0.1, 0.15) is 6.61 Å². The third-order valence-electron chi connectivity index (χ3n) is 3.42. The molecule has 1 amide bonds. The first-order chi connectivity index (χ1) is 9.97. The van der Waals surface area contributed by atoms with Crippen LogP contribution < -0.4 is 9.62 Å². The van der Waals surface area contributed by atoms with Crippen molar-refractivity contribution in [2.24, 2.45) is 0 Å². The molecule has 1 N–H and O–H groups in total. The van der Waals surface area contributed by atoms with Crippen molar-refractivity contribution in [2.45, 2.75) is 19.8 Å². The lowest BCUT2D eigenvalue weighted by molar-refractivity contribution is -0.119. The largest absolute Gasteiger partial charge is 0.375 e. The van der Waals surface area contributed by atoms with Crippen molar-refractivity contribution >= 4 is 27.3 Å². The Morgan fingerprint density at radius 1 is 1.43 bits per heavy atom.